The third-order valence-electron chi connectivity index (χ3n) is 24.3. The molecular formula is C123H81N9. The minimum Gasteiger partial charge on any atom is -0.208 e. The predicted molar refractivity (Wildman–Crippen MR) is 546 cm³/mol. The van der Waals surface area contributed by atoms with Crippen LogP contribution in [0.4, 0.5) is 0 Å². The molecule has 0 spiro atoms. The predicted octanol–water partition coefficient (Wildman–Crippen LogP) is 31.5. The van der Waals surface area contributed by atoms with E-state index in [1.54, 1.807) is 0 Å². The third kappa shape index (κ3) is 17.4. The molecule has 0 saturated heterocycles. The molecule has 0 bridgehead atoms. The Morgan fingerprint density at radius 3 is 0.462 bits per heavy atom. The first-order valence-corrected chi connectivity index (χ1v) is 44.3. The summed E-state index contributed by atoms with van der Waals surface area (Å²) in [6.45, 7) is 0. The molecule has 0 amide bonds. The summed E-state index contributed by atoms with van der Waals surface area (Å²) in [5.74, 6) is 5.86. The van der Waals surface area contributed by atoms with E-state index in [0.717, 1.165) is 116 Å². The van der Waals surface area contributed by atoms with Gasteiger partial charge >= 0.3 is 0 Å². The molecule has 0 radical (unpaired) electrons. The average Bonchev–Trinajstić information content (AvgIpc) is 0.791. The van der Waals surface area contributed by atoms with E-state index in [4.69, 9.17) is 44.9 Å². The quantitative estimate of drug-likeness (QED) is 0.0989. The summed E-state index contributed by atoms with van der Waals surface area (Å²) in [5.41, 5.74) is 22.6. The minimum atomic E-state index is 0.640. The molecule has 3 aromatic heterocycles. The van der Waals surface area contributed by atoms with E-state index >= 15 is 0 Å². The highest BCUT2D eigenvalue weighted by Crippen LogP contribution is 2.39. The first kappa shape index (κ1) is 80.1. The van der Waals surface area contributed by atoms with Crippen LogP contribution in [0.15, 0.2) is 491 Å². The van der Waals surface area contributed by atoms with Gasteiger partial charge in [-0.3, -0.25) is 0 Å². The molecule has 24 aromatic rings. The van der Waals surface area contributed by atoms with Crippen molar-refractivity contribution in [2.24, 2.45) is 0 Å². The molecule has 0 aliphatic carbocycles. The Balaban J connectivity index is 0.000000116. The van der Waals surface area contributed by atoms with Gasteiger partial charge in [0.05, 0.1) is 0 Å². The van der Waals surface area contributed by atoms with E-state index in [9.17, 15) is 0 Å². The molecule has 9 heteroatoms. The Kier molecular flexibility index (Phi) is 22.0. The zero-order valence-electron chi connectivity index (χ0n) is 71.8. The minimum absolute atomic E-state index is 0.640. The molecule has 0 aliphatic heterocycles. The van der Waals surface area contributed by atoms with Crippen LogP contribution in [0.1, 0.15) is 0 Å². The van der Waals surface area contributed by atoms with Crippen molar-refractivity contribution >= 4 is 64.6 Å². The molecule has 0 atom stereocenters. The van der Waals surface area contributed by atoms with Crippen LogP contribution in [0, 0.1) is 0 Å². The van der Waals surface area contributed by atoms with Crippen LogP contribution in [0.25, 0.3) is 234 Å². The highest BCUT2D eigenvalue weighted by Gasteiger charge is 2.21. The molecule has 0 aliphatic rings. The van der Waals surface area contributed by atoms with Gasteiger partial charge in [0.1, 0.15) is 0 Å². The van der Waals surface area contributed by atoms with Crippen LogP contribution >= 0.6 is 0 Å². The van der Waals surface area contributed by atoms with Gasteiger partial charge in [-0.15, -0.1) is 0 Å². The maximum atomic E-state index is 5.12. The largest absolute Gasteiger partial charge is 0.208 e. The van der Waals surface area contributed by atoms with E-state index in [-0.39, 0.29) is 0 Å². The van der Waals surface area contributed by atoms with Crippen LogP contribution in [-0.2, 0) is 0 Å². The Morgan fingerprint density at radius 1 is 0.0758 bits per heavy atom. The molecular weight excluding hydrogens is 1600 g/mol. The van der Waals surface area contributed by atoms with Crippen molar-refractivity contribution < 1.29 is 0 Å². The number of benzene rings is 21. The molecule has 3 heterocycles. The lowest BCUT2D eigenvalue weighted by Gasteiger charge is -2.13. The van der Waals surface area contributed by atoms with Crippen molar-refractivity contribution in [3.8, 4) is 169 Å². The zero-order valence-corrected chi connectivity index (χ0v) is 71.8. The Morgan fingerprint density at radius 2 is 0.220 bits per heavy atom. The second-order valence-electron chi connectivity index (χ2n) is 32.9. The first-order chi connectivity index (χ1) is 65.3. The summed E-state index contributed by atoms with van der Waals surface area (Å²) in [4.78, 5) is 45.3. The van der Waals surface area contributed by atoms with Crippen LogP contribution in [0.3, 0.4) is 0 Å². The first-order valence-electron chi connectivity index (χ1n) is 44.3. The Hall–Kier alpha value is -17.8. The molecule has 0 unspecified atom stereocenters. The molecule has 24 rings (SSSR count). The topological polar surface area (TPSA) is 116 Å². The Labute approximate surface area is 764 Å². The number of hydrogen-bond acceptors (Lipinski definition) is 9. The number of fused-ring (bicyclic) bond motifs is 6. The summed E-state index contributed by atoms with van der Waals surface area (Å²) >= 11 is 0. The summed E-state index contributed by atoms with van der Waals surface area (Å²) in [6.07, 6.45) is 0. The lowest BCUT2D eigenvalue weighted by molar-refractivity contribution is 1.07. The van der Waals surface area contributed by atoms with Gasteiger partial charge in [-0.1, -0.05) is 431 Å². The highest BCUT2D eigenvalue weighted by atomic mass is 15.1. The van der Waals surface area contributed by atoms with E-state index < -0.39 is 0 Å². The fraction of sp³-hybridized carbons (Fsp3) is 0. The monoisotopic (exact) mass is 1680 g/mol. The number of hydrogen-bond donors (Lipinski definition) is 0. The summed E-state index contributed by atoms with van der Waals surface area (Å²) in [6, 6.07) is 171. The molecule has 21 aromatic carbocycles. The average molecular weight is 1690 g/mol. The van der Waals surface area contributed by atoms with Gasteiger partial charge in [-0.25, -0.2) is 44.9 Å². The lowest BCUT2D eigenvalue weighted by atomic mass is 9.96. The fourth-order valence-corrected chi connectivity index (χ4v) is 17.2. The number of nitrogens with zero attached hydrogens (tertiary/aromatic N) is 9. The summed E-state index contributed by atoms with van der Waals surface area (Å²) in [7, 11) is 0. The van der Waals surface area contributed by atoms with Crippen molar-refractivity contribution in [3.05, 3.63) is 491 Å². The van der Waals surface area contributed by atoms with E-state index in [1.165, 1.54) is 65.7 Å². The van der Waals surface area contributed by atoms with Gasteiger partial charge in [0.25, 0.3) is 0 Å². The van der Waals surface area contributed by atoms with E-state index in [1.807, 2.05) is 24.3 Å². The highest BCUT2D eigenvalue weighted by molar-refractivity contribution is 5.94. The van der Waals surface area contributed by atoms with E-state index in [2.05, 4.69) is 467 Å². The van der Waals surface area contributed by atoms with Crippen LogP contribution in [0.2, 0.25) is 0 Å². The van der Waals surface area contributed by atoms with Gasteiger partial charge < -0.3 is 0 Å². The second-order valence-corrected chi connectivity index (χ2v) is 32.9. The fourth-order valence-electron chi connectivity index (χ4n) is 17.2. The third-order valence-corrected chi connectivity index (χ3v) is 24.3. The maximum Gasteiger partial charge on any atom is 0.164 e. The van der Waals surface area contributed by atoms with E-state index in [0.29, 0.717) is 52.4 Å². The number of aromatic nitrogens is 9. The van der Waals surface area contributed by atoms with Gasteiger partial charge in [0.2, 0.25) is 0 Å². The van der Waals surface area contributed by atoms with Gasteiger partial charge in [0.15, 0.2) is 52.4 Å². The van der Waals surface area contributed by atoms with Gasteiger partial charge in [-0.05, 0) is 192 Å². The van der Waals surface area contributed by atoms with Crippen LogP contribution in [0.5, 0.6) is 0 Å². The molecule has 9 nitrogen and oxygen atoms in total. The summed E-state index contributed by atoms with van der Waals surface area (Å²) < 4.78 is 0. The van der Waals surface area contributed by atoms with Gasteiger partial charge in [0, 0.05) is 50.1 Å². The van der Waals surface area contributed by atoms with Crippen molar-refractivity contribution in [3.63, 3.8) is 0 Å². The van der Waals surface area contributed by atoms with Crippen LogP contribution in [-0.4, -0.2) is 44.9 Å². The number of rotatable bonds is 15. The van der Waals surface area contributed by atoms with Crippen molar-refractivity contribution in [1.82, 2.24) is 44.9 Å². The molecule has 618 valence electrons. The maximum absolute atomic E-state index is 5.12. The lowest BCUT2D eigenvalue weighted by Crippen LogP contribution is -2.00. The standard InChI is InChI=1S/3C41H27N3/c1-3-11-28(12-4-1)36-25-37(29-13-5-2-6-14-29)27-38(26-36)41-43-39(34-21-19-30-15-7-9-17-32(30)23-34)42-40(44-41)35-22-20-31-16-8-10-18-33(31)24-35;1-2-9-28(10-3-1)35-15-8-16-36(25-35)31-17-21-32(22-18-31)39-42-40(37-23-19-29-11-4-6-13-33(29)26-37)44-41(43-39)38-24-20-30-12-5-7-14-34(30)27-38;1-2-8-28(9-3-1)31-14-16-32(17-15-31)33-18-22-34(23-19-33)39-42-40(37-24-20-29-10-4-6-12-35(29)26-37)44-41(43-39)38-25-21-30-11-5-7-13-36(30)27-38/h3*1-27H. The van der Waals surface area contributed by atoms with Gasteiger partial charge in [-0.2, -0.15) is 0 Å². The SMILES string of the molecule is c1ccc(-c2cc(-c3ccccc3)cc(-c3nc(-c4ccc5ccccc5c4)nc(-c4ccc5ccccc5c4)n3)c2)cc1.c1ccc(-c2ccc(-c3ccc(-c4nc(-c5ccc6ccccc6c5)nc(-c5ccc6ccccc6c5)n4)cc3)cc2)cc1.c1ccc(-c2cccc(-c3ccc(-c4nc(-c5ccc6ccccc6c5)nc(-c5ccc6ccccc6c5)n4)cc3)c2)cc1. The van der Waals surface area contributed by atoms with Crippen molar-refractivity contribution in [2.45, 2.75) is 0 Å². The Bertz CT molecular complexity index is 8010. The normalized spacial score (nSPS) is 11.2. The van der Waals surface area contributed by atoms with Crippen molar-refractivity contribution in [1.29, 1.82) is 0 Å². The summed E-state index contributed by atoms with van der Waals surface area (Å²) in [5, 5.41) is 14.0. The molecule has 132 heavy (non-hydrogen) atoms. The molecule has 0 N–H and O–H groups in total. The zero-order chi connectivity index (χ0) is 87.9. The van der Waals surface area contributed by atoms with Crippen molar-refractivity contribution in [2.75, 3.05) is 0 Å². The smallest absolute Gasteiger partial charge is 0.164 e. The second kappa shape index (κ2) is 36.3. The molecule has 0 saturated carbocycles. The molecule has 0 fully saturated rings. The van der Waals surface area contributed by atoms with Crippen LogP contribution < -0.4 is 0 Å².